The van der Waals surface area contributed by atoms with Gasteiger partial charge < -0.3 is 15.0 Å². The quantitative estimate of drug-likeness (QED) is 0.932. The van der Waals surface area contributed by atoms with Gasteiger partial charge in [-0.15, -0.1) is 0 Å². The van der Waals surface area contributed by atoms with Crippen LogP contribution in [-0.4, -0.2) is 43.6 Å². The fourth-order valence-electron chi connectivity index (χ4n) is 4.00. The molecule has 4 heteroatoms. The van der Waals surface area contributed by atoms with Gasteiger partial charge in [0.25, 0.3) is 0 Å². The summed E-state index contributed by atoms with van der Waals surface area (Å²) in [5.74, 6) is 1.46. The first-order valence-corrected chi connectivity index (χ1v) is 8.24. The van der Waals surface area contributed by atoms with Gasteiger partial charge in [0.1, 0.15) is 5.75 Å². The van der Waals surface area contributed by atoms with Crippen molar-refractivity contribution in [3.8, 4) is 5.75 Å². The van der Waals surface area contributed by atoms with Gasteiger partial charge in [0, 0.05) is 25.0 Å². The Balaban J connectivity index is 1.97. The maximum atomic E-state index is 13.1. The second-order valence-electron chi connectivity index (χ2n) is 6.81. The number of rotatable bonds is 3. The van der Waals surface area contributed by atoms with Gasteiger partial charge in [-0.05, 0) is 50.9 Å². The number of hydrogen-bond donors (Lipinski definition) is 1. The summed E-state index contributed by atoms with van der Waals surface area (Å²) in [6.45, 7) is 6.86. The molecule has 2 aliphatic heterocycles. The fourth-order valence-corrected chi connectivity index (χ4v) is 4.00. The predicted octanol–water partition coefficient (Wildman–Crippen LogP) is 2.40. The minimum atomic E-state index is -0.267. The normalized spacial score (nSPS) is 28.6. The average molecular weight is 302 g/mol. The molecule has 1 spiro atoms. The molecule has 120 valence electrons. The zero-order valence-electron chi connectivity index (χ0n) is 13.8. The standard InChI is InChI=1S/C18H26N2O2/c1-13(2)20-11-16(14-5-7-15(22-3)8-6-14)18(17(20)21)9-4-10-19-12-18/h5-8,13,16,19H,4,9-12H2,1-3H3/t16-,18+/m0/s1. The summed E-state index contributed by atoms with van der Waals surface area (Å²) in [6.07, 6.45) is 2.06. The van der Waals surface area contributed by atoms with E-state index in [1.807, 2.05) is 12.1 Å². The molecule has 2 atom stereocenters. The topological polar surface area (TPSA) is 41.6 Å². The molecule has 2 saturated heterocycles. The molecule has 0 unspecified atom stereocenters. The highest BCUT2D eigenvalue weighted by Gasteiger charge is 2.54. The maximum absolute atomic E-state index is 13.1. The van der Waals surface area contributed by atoms with E-state index in [0.717, 1.165) is 38.2 Å². The van der Waals surface area contributed by atoms with Crippen molar-refractivity contribution in [1.82, 2.24) is 10.2 Å². The van der Waals surface area contributed by atoms with Crippen molar-refractivity contribution in [2.24, 2.45) is 5.41 Å². The summed E-state index contributed by atoms with van der Waals surface area (Å²) in [4.78, 5) is 15.1. The lowest BCUT2D eigenvalue weighted by atomic mass is 9.69. The van der Waals surface area contributed by atoms with E-state index in [2.05, 4.69) is 36.2 Å². The van der Waals surface area contributed by atoms with Crippen LogP contribution in [0.25, 0.3) is 0 Å². The molecule has 0 radical (unpaired) electrons. The van der Waals surface area contributed by atoms with Crippen LogP contribution in [0.2, 0.25) is 0 Å². The van der Waals surface area contributed by atoms with Gasteiger partial charge in [0.15, 0.2) is 0 Å². The number of ether oxygens (including phenoxy) is 1. The van der Waals surface area contributed by atoms with E-state index in [-0.39, 0.29) is 17.4 Å². The molecule has 1 aromatic rings. The SMILES string of the molecule is COc1ccc([C@@H]2CN(C(C)C)C(=O)[C@@]23CCCNC3)cc1. The molecule has 22 heavy (non-hydrogen) atoms. The van der Waals surface area contributed by atoms with Gasteiger partial charge in [-0.2, -0.15) is 0 Å². The van der Waals surface area contributed by atoms with Gasteiger partial charge in [-0.25, -0.2) is 0 Å². The average Bonchev–Trinajstić information content (AvgIpc) is 2.82. The van der Waals surface area contributed by atoms with Crippen LogP contribution < -0.4 is 10.1 Å². The minimum absolute atomic E-state index is 0.259. The number of benzene rings is 1. The fraction of sp³-hybridized carbons (Fsp3) is 0.611. The first-order valence-electron chi connectivity index (χ1n) is 8.24. The van der Waals surface area contributed by atoms with Crippen LogP contribution in [0.1, 0.15) is 38.2 Å². The summed E-state index contributed by atoms with van der Waals surface area (Å²) in [7, 11) is 1.68. The molecule has 2 aliphatic rings. The Morgan fingerprint density at radius 1 is 1.32 bits per heavy atom. The highest BCUT2D eigenvalue weighted by atomic mass is 16.5. The molecular formula is C18H26N2O2. The molecule has 0 saturated carbocycles. The van der Waals surface area contributed by atoms with Gasteiger partial charge in [-0.3, -0.25) is 4.79 Å². The smallest absolute Gasteiger partial charge is 0.231 e. The lowest BCUT2D eigenvalue weighted by molar-refractivity contribution is -0.138. The molecule has 4 nitrogen and oxygen atoms in total. The van der Waals surface area contributed by atoms with E-state index in [4.69, 9.17) is 4.74 Å². The van der Waals surface area contributed by atoms with Crippen LogP contribution in [0.3, 0.4) is 0 Å². The Morgan fingerprint density at radius 2 is 2.05 bits per heavy atom. The van der Waals surface area contributed by atoms with Crippen molar-refractivity contribution < 1.29 is 9.53 Å². The number of nitrogens with zero attached hydrogens (tertiary/aromatic N) is 1. The third kappa shape index (κ3) is 2.39. The Hall–Kier alpha value is -1.55. The minimum Gasteiger partial charge on any atom is -0.497 e. The molecular weight excluding hydrogens is 276 g/mol. The molecule has 1 aromatic carbocycles. The monoisotopic (exact) mass is 302 g/mol. The lowest BCUT2D eigenvalue weighted by Gasteiger charge is -2.37. The van der Waals surface area contributed by atoms with Crippen molar-refractivity contribution >= 4 is 5.91 Å². The van der Waals surface area contributed by atoms with Crippen LogP contribution in [0.5, 0.6) is 5.75 Å². The summed E-state index contributed by atoms with van der Waals surface area (Å²) < 4.78 is 5.26. The van der Waals surface area contributed by atoms with E-state index < -0.39 is 0 Å². The maximum Gasteiger partial charge on any atom is 0.231 e. The van der Waals surface area contributed by atoms with E-state index in [9.17, 15) is 4.79 Å². The summed E-state index contributed by atoms with van der Waals surface area (Å²) in [5, 5.41) is 3.46. The number of likely N-dealkylation sites (tertiary alicyclic amines) is 1. The highest BCUT2D eigenvalue weighted by Crippen LogP contribution is 2.48. The van der Waals surface area contributed by atoms with Gasteiger partial charge in [0.2, 0.25) is 5.91 Å². The Bertz CT molecular complexity index is 533. The predicted molar refractivity (Wildman–Crippen MR) is 87.1 cm³/mol. The number of carbonyl (C=O) groups is 1. The van der Waals surface area contributed by atoms with Gasteiger partial charge >= 0.3 is 0 Å². The molecule has 0 bridgehead atoms. The molecule has 3 rings (SSSR count). The molecule has 1 N–H and O–H groups in total. The van der Waals surface area contributed by atoms with Crippen LogP contribution >= 0.6 is 0 Å². The van der Waals surface area contributed by atoms with Crippen molar-refractivity contribution in [3.63, 3.8) is 0 Å². The van der Waals surface area contributed by atoms with Crippen molar-refractivity contribution in [1.29, 1.82) is 0 Å². The van der Waals surface area contributed by atoms with Crippen LogP contribution in [0.15, 0.2) is 24.3 Å². The highest BCUT2D eigenvalue weighted by molar-refractivity contribution is 5.87. The first kappa shape index (κ1) is 15.3. The van der Waals surface area contributed by atoms with E-state index in [1.54, 1.807) is 7.11 Å². The van der Waals surface area contributed by atoms with Crippen LogP contribution in [0.4, 0.5) is 0 Å². The first-order chi connectivity index (χ1) is 10.6. The number of nitrogens with one attached hydrogen (secondary N) is 1. The summed E-state index contributed by atoms with van der Waals surface area (Å²) >= 11 is 0. The number of methoxy groups -OCH3 is 1. The molecule has 1 amide bonds. The van der Waals surface area contributed by atoms with Crippen LogP contribution in [-0.2, 0) is 4.79 Å². The van der Waals surface area contributed by atoms with Crippen molar-refractivity contribution in [2.75, 3.05) is 26.7 Å². The Kier molecular flexibility index (Phi) is 4.13. The van der Waals surface area contributed by atoms with E-state index in [0.29, 0.717) is 5.91 Å². The number of piperidine rings is 1. The third-order valence-electron chi connectivity index (χ3n) is 5.29. The molecule has 2 fully saturated rings. The van der Waals surface area contributed by atoms with Crippen LogP contribution in [0, 0.1) is 5.41 Å². The zero-order chi connectivity index (χ0) is 15.7. The molecule has 0 aliphatic carbocycles. The number of hydrogen-bond acceptors (Lipinski definition) is 3. The Morgan fingerprint density at radius 3 is 2.59 bits per heavy atom. The van der Waals surface area contributed by atoms with Gasteiger partial charge in [-0.1, -0.05) is 12.1 Å². The third-order valence-corrected chi connectivity index (χ3v) is 5.29. The molecule has 2 heterocycles. The van der Waals surface area contributed by atoms with E-state index >= 15 is 0 Å². The van der Waals surface area contributed by atoms with Gasteiger partial charge in [0.05, 0.1) is 12.5 Å². The summed E-state index contributed by atoms with van der Waals surface area (Å²) in [5.41, 5.74) is 0.984. The van der Waals surface area contributed by atoms with E-state index in [1.165, 1.54) is 5.56 Å². The molecule has 0 aromatic heterocycles. The second kappa shape index (κ2) is 5.92. The van der Waals surface area contributed by atoms with Crippen molar-refractivity contribution in [3.05, 3.63) is 29.8 Å². The second-order valence-corrected chi connectivity index (χ2v) is 6.81. The van der Waals surface area contributed by atoms with Crippen molar-refractivity contribution in [2.45, 2.75) is 38.6 Å². The largest absolute Gasteiger partial charge is 0.497 e. The number of carbonyl (C=O) groups excluding carboxylic acids is 1. The number of amides is 1. The zero-order valence-corrected chi connectivity index (χ0v) is 13.8. The lowest BCUT2D eigenvalue weighted by Crippen LogP contribution is -2.48. The Labute approximate surface area is 132 Å². The summed E-state index contributed by atoms with van der Waals surface area (Å²) in [6, 6.07) is 8.51.